The van der Waals surface area contributed by atoms with Crippen LogP contribution in [0, 0.1) is 23.5 Å². The Morgan fingerprint density at radius 1 is 1.11 bits per heavy atom. The summed E-state index contributed by atoms with van der Waals surface area (Å²) in [5.74, 6) is 4.99. The smallest absolute Gasteiger partial charge is 0.405 e. The van der Waals surface area contributed by atoms with Gasteiger partial charge in [-0.2, -0.15) is 5.10 Å². The third-order valence-corrected chi connectivity index (χ3v) is 12.9. The molecule has 8 nitrogen and oxygen atoms in total. The maximum Gasteiger partial charge on any atom is 0.405 e. The van der Waals surface area contributed by atoms with Gasteiger partial charge in [0, 0.05) is 24.2 Å². The first-order chi connectivity index (χ1) is 20.8. The predicted octanol–water partition coefficient (Wildman–Crippen LogP) is 7.85. The number of nitrogen functional groups attached to an aromatic ring is 1. The molecule has 0 aliphatic rings. The highest BCUT2D eigenvalue weighted by Gasteiger charge is 2.41. The van der Waals surface area contributed by atoms with Crippen molar-refractivity contribution in [3.05, 3.63) is 76.1 Å². The third-order valence-electron chi connectivity index (χ3n) is 7.98. The molecule has 0 saturated heterocycles. The highest BCUT2D eigenvalue weighted by Crippen LogP contribution is 2.40. The van der Waals surface area contributed by atoms with E-state index in [4.69, 9.17) is 26.7 Å². The zero-order valence-electron chi connectivity index (χ0n) is 26.6. The Morgan fingerprint density at radius 2 is 1.73 bits per heavy atom. The maximum atomic E-state index is 14.2. The summed E-state index contributed by atoms with van der Waals surface area (Å²) in [6.45, 7) is 14.6. The van der Waals surface area contributed by atoms with E-state index in [-0.39, 0.29) is 22.8 Å². The molecule has 238 valence electrons. The summed E-state index contributed by atoms with van der Waals surface area (Å²) in [5.41, 5.74) is 8.05. The number of nitrogens with one attached hydrogen (secondary N) is 1. The van der Waals surface area contributed by atoms with Crippen molar-refractivity contribution >= 4 is 42.7 Å². The summed E-state index contributed by atoms with van der Waals surface area (Å²) in [6.07, 6.45) is -1.43. The van der Waals surface area contributed by atoms with Crippen LogP contribution >= 0.6 is 11.6 Å². The summed E-state index contributed by atoms with van der Waals surface area (Å²) < 4.78 is 36.5. The number of halogens is 3. The molecule has 0 radical (unpaired) electrons. The molecule has 0 aliphatic heterocycles. The van der Waals surface area contributed by atoms with Crippen molar-refractivity contribution in [2.24, 2.45) is 7.05 Å². The fourth-order valence-electron chi connectivity index (χ4n) is 5.02. The van der Waals surface area contributed by atoms with Crippen LogP contribution in [0.3, 0.4) is 0 Å². The molecular formula is C33H38ClF2N5O3Si. The van der Waals surface area contributed by atoms with Crippen molar-refractivity contribution in [2.45, 2.75) is 70.8 Å². The number of fused-ring (bicyclic) bond motifs is 1. The second-order valence-corrected chi connectivity index (χ2v) is 18.2. The van der Waals surface area contributed by atoms with E-state index in [0.717, 1.165) is 18.2 Å². The van der Waals surface area contributed by atoms with Gasteiger partial charge in [-0.05, 0) is 80.2 Å². The summed E-state index contributed by atoms with van der Waals surface area (Å²) in [7, 11) is -0.434. The number of nitrogens with two attached hydrogens (primary N) is 1. The lowest BCUT2D eigenvalue weighted by Gasteiger charge is -2.40. The molecule has 45 heavy (non-hydrogen) atoms. The van der Waals surface area contributed by atoms with E-state index in [2.05, 4.69) is 56.1 Å². The molecule has 1 amide bonds. The molecule has 4 rings (SSSR count). The molecule has 2 aromatic carbocycles. The Labute approximate surface area is 268 Å². The minimum atomic E-state index is -2.15. The number of aromatic nitrogens is 3. The molecule has 12 heteroatoms. The highest BCUT2D eigenvalue weighted by molar-refractivity contribution is 6.74. The minimum absolute atomic E-state index is 0.0236. The van der Waals surface area contributed by atoms with Crippen LogP contribution in [0.4, 0.5) is 19.4 Å². The Morgan fingerprint density at radius 3 is 2.33 bits per heavy atom. The number of aryl methyl sites for hydroxylation is 1. The first-order valence-electron chi connectivity index (χ1n) is 14.4. The van der Waals surface area contributed by atoms with Gasteiger partial charge in [0.15, 0.2) is 14.1 Å². The molecular weight excluding hydrogens is 616 g/mol. The van der Waals surface area contributed by atoms with E-state index in [1.165, 1.54) is 0 Å². The van der Waals surface area contributed by atoms with Gasteiger partial charge in [0.2, 0.25) is 0 Å². The number of hydrogen-bond donors (Lipinski definition) is 3. The number of amides is 1. The number of anilines is 1. The number of carboxylic acid groups (broad SMARTS) is 1. The fourth-order valence-corrected chi connectivity index (χ4v) is 6.91. The predicted molar refractivity (Wildman–Crippen MR) is 177 cm³/mol. The van der Waals surface area contributed by atoms with E-state index in [1.807, 2.05) is 13.8 Å². The van der Waals surface area contributed by atoms with Gasteiger partial charge >= 0.3 is 6.09 Å². The molecule has 0 saturated carbocycles. The standard InChI is InChI=1S/C33H38ClF2N5O3Si/c1-32(2,3)45(7,8)44-33(4,5)14-13-22-9-10-23(24-11-12-25(34)27-29(24)41(6)40-30(27)37)28(38-22)26(39-31(42)43)17-19-15-20(35)18-21(36)16-19/h9-12,15-16,18,26,39H,17H2,1-8H3,(H2,37,40)(H,42,43). The SMILES string of the molecule is Cn1nc(N)c2c(Cl)ccc(-c3ccc(C#CC(C)(C)O[Si](C)(C)C(C)(C)C)nc3C(Cc3cc(F)cc(F)c3)NC(=O)O)c21. The normalized spacial score (nSPS) is 13.0. The van der Waals surface area contributed by atoms with Gasteiger partial charge in [0.1, 0.15) is 22.9 Å². The van der Waals surface area contributed by atoms with Crippen LogP contribution in [0.15, 0.2) is 42.5 Å². The maximum absolute atomic E-state index is 14.2. The van der Waals surface area contributed by atoms with Crippen molar-refractivity contribution in [2.75, 3.05) is 5.73 Å². The molecule has 1 atom stereocenters. The molecule has 4 N–H and O–H groups in total. The largest absolute Gasteiger partial charge is 0.465 e. The van der Waals surface area contributed by atoms with Gasteiger partial charge in [0.05, 0.1) is 27.7 Å². The van der Waals surface area contributed by atoms with E-state index in [0.29, 0.717) is 38.4 Å². The van der Waals surface area contributed by atoms with Crippen LogP contribution in [0.25, 0.3) is 22.0 Å². The average molecular weight is 654 g/mol. The lowest BCUT2D eigenvalue weighted by atomic mass is 9.94. The second kappa shape index (κ2) is 12.4. The topological polar surface area (TPSA) is 115 Å². The number of nitrogens with zero attached hydrogens (tertiary/aromatic N) is 3. The average Bonchev–Trinajstić information content (AvgIpc) is 3.20. The van der Waals surface area contributed by atoms with Crippen molar-refractivity contribution < 1.29 is 23.1 Å². The highest BCUT2D eigenvalue weighted by atomic mass is 35.5. The van der Waals surface area contributed by atoms with Gasteiger partial charge in [-0.25, -0.2) is 18.6 Å². The van der Waals surface area contributed by atoms with Gasteiger partial charge < -0.3 is 20.6 Å². The summed E-state index contributed by atoms with van der Waals surface area (Å²) in [6, 6.07) is 9.01. The van der Waals surface area contributed by atoms with Gasteiger partial charge in [-0.15, -0.1) is 0 Å². The van der Waals surface area contributed by atoms with E-state index < -0.39 is 37.7 Å². The molecule has 0 spiro atoms. The molecule has 2 aromatic heterocycles. The minimum Gasteiger partial charge on any atom is -0.465 e. The summed E-state index contributed by atoms with van der Waals surface area (Å²) >= 11 is 6.49. The Balaban J connectivity index is 1.92. The Kier molecular flexibility index (Phi) is 9.36. The first kappa shape index (κ1) is 33.9. The molecule has 2 heterocycles. The lowest BCUT2D eigenvalue weighted by Crippen LogP contribution is -2.47. The van der Waals surface area contributed by atoms with Crippen molar-refractivity contribution in [3.63, 3.8) is 0 Å². The molecule has 0 aliphatic carbocycles. The third kappa shape index (κ3) is 7.64. The van der Waals surface area contributed by atoms with Crippen molar-refractivity contribution in [1.82, 2.24) is 20.1 Å². The summed E-state index contributed by atoms with van der Waals surface area (Å²) in [5, 5.41) is 17.6. The Bertz CT molecular complexity index is 1820. The second-order valence-electron chi connectivity index (χ2n) is 13.1. The zero-order valence-corrected chi connectivity index (χ0v) is 28.4. The number of hydrogen-bond acceptors (Lipinski definition) is 5. The Hall–Kier alpha value is -3.98. The lowest BCUT2D eigenvalue weighted by molar-refractivity contribution is 0.151. The zero-order chi connectivity index (χ0) is 33.5. The quantitative estimate of drug-likeness (QED) is 0.138. The molecule has 0 bridgehead atoms. The van der Waals surface area contributed by atoms with E-state index in [9.17, 15) is 18.7 Å². The van der Waals surface area contributed by atoms with Crippen LogP contribution in [-0.4, -0.2) is 39.9 Å². The van der Waals surface area contributed by atoms with Gasteiger partial charge in [-0.1, -0.05) is 44.4 Å². The summed E-state index contributed by atoms with van der Waals surface area (Å²) in [4.78, 5) is 16.9. The van der Waals surface area contributed by atoms with Crippen LogP contribution in [0.2, 0.25) is 23.2 Å². The number of pyridine rings is 1. The molecule has 1 unspecified atom stereocenters. The first-order valence-corrected chi connectivity index (χ1v) is 17.7. The number of carbonyl (C=O) groups is 1. The number of rotatable bonds is 7. The van der Waals surface area contributed by atoms with Gasteiger partial charge in [-0.3, -0.25) is 4.68 Å². The molecule has 4 aromatic rings. The monoisotopic (exact) mass is 653 g/mol. The van der Waals surface area contributed by atoms with Crippen LogP contribution in [0.1, 0.15) is 57.6 Å². The van der Waals surface area contributed by atoms with Crippen molar-refractivity contribution in [1.29, 1.82) is 0 Å². The van der Waals surface area contributed by atoms with Crippen LogP contribution in [-0.2, 0) is 17.9 Å². The van der Waals surface area contributed by atoms with Gasteiger partial charge in [0.25, 0.3) is 0 Å². The van der Waals surface area contributed by atoms with E-state index >= 15 is 0 Å². The van der Waals surface area contributed by atoms with E-state index in [1.54, 1.807) is 36.0 Å². The fraction of sp³-hybridized carbons (Fsp3) is 0.364. The number of benzene rings is 2. The molecule has 0 fully saturated rings. The van der Waals surface area contributed by atoms with Crippen molar-refractivity contribution in [3.8, 4) is 23.0 Å². The van der Waals surface area contributed by atoms with Crippen LogP contribution < -0.4 is 11.1 Å². The van der Waals surface area contributed by atoms with Crippen LogP contribution in [0.5, 0.6) is 0 Å².